The summed E-state index contributed by atoms with van der Waals surface area (Å²) in [4.78, 5) is 0. The van der Waals surface area contributed by atoms with Gasteiger partial charge in [-0.15, -0.1) is 0 Å². The molecule has 0 unspecified atom stereocenters. The van der Waals surface area contributed by atoms with Gasteiger partial charge in [-0.1, -0.05) is 163 Å². The quantitative estimate of drug-likeness (QED) is 0.188. The predicted molar refractivity (Wildman–Crippen MR) is 181 cm³/mol. The van der Waals surface area contributed by atoms with Gasteiger partial charge in [0.05, 0.1) is 37.0 Å². The lowest BCUT2D eigenvalue weighted by molar-refractivity contribution is 1.58. The third-order valence-electron chi connectivity index (χ3n) is 6.57. The molecule has 0 aromatic heterocycles. The van der Waals surface area contributed by atoms with E-state index in [4.69, 9.17) is 26.0 Å². The maximum atomic E-state index is 9.99. The Morgan fingerprint density at radius 3 is 1.43 bits per heavy atom. The van der Waals surface area contributed by atoms with Crippen LogP contribution in [0, 0.1) is 0 Å². The molecule has 0 N–H and O–H groups in total. The Balaban J connectivity index is 1.79. The molecule has 0 fully saturated rings. The Bertz CT molecular complexity index is 3610. The zero-order valence-corrected chi connectivity index (χ0v) is 21.1. The van der Waals surface area contributed by atoms with Crippen molar-refractivity contribution in [3.05, 3.63) is 169 Å². The predicted octanol–water partition coefficient (Wildman–Crippen LogP) is 11.8. The molecule has 0 amide bonds. The summed E-state index contributed by atoms with van der Waals surface area (Å²) in [5, 5.41) is -3.88. The van der Waals surface area contributed by atoms with E-state index in [1.807, 2.05) is 0 Å². The van der Waals surface area contributed by atoms with Gasteiger partial charge in [0.2, 0.25) is 0 Å². The molecule has 196 valence electrons. The number of hydrogen-bond donors (Lipinski definition) is 0. The summed E-state index contributed by atoms with van der Waals surface area (Å²) in [7, 11) is 0. The molecule has 0 nitrogen and oxygen atoms in total. The maximum absolute atomic E-state index is 9.99. The summed E-state index contributed by atoms with van der Waals surface area (Å²) in [6, 6.07) is -25.1. The van der Waals surface area contributed by atoms with Crippen molar-refractivity contribution >= 4 is 32.3 Å². The minimum atomic E-state index is -1.15. The van der Waals surface area contributed by atoms with Gasteiger partial charge in [0.15, 0.2) is 0 Å². The van der Waals surface area contributed by atoms with Gasteiger partial charge in [0, 0.05) is 0 Å². The van der Waals surface area contributed by atoms with Gasteiger partial charge in [-0.05, 0) is 82.9 Å². The molecule has 0 saturated heterocycles. The van der Waals surface area contributed by atoms with Crippen LogP contribution in [0.1, 0.15) is 37.0 Å². The second-order valence-electron chi connectivity index (χ2n) is 8.83. The average Bonchev–Trinajstić information content (AvgIpc) is 3.32. The van der Waals surface area contributed by atoms with E-state index < -0.39 is 235 Å². The molecule has 0 spiro atoms. The molecule has 42 heavy (non-hydrogen) atoms. The van der Waals surface area contributed by atoms with E-state index in [2.05, 4.69) is 0 Å². The van der Waals surface area contributed by atoms with Crippen LogP contribution in [0.3, 0.4) is 0 Å². The van der Waals surface area contributed by atoms with Gasteiger partial charge >= 0.3 is 0 Å². The van der Waals surface area contributed by atoms with Gasteiger partial charge in [-0.2, -0.15) is 0 Å². The Morgan fingerprint density at radius 2 is 0.810 bits per heavy atom. The van der Waals surface area contributed by atoms with Crippen LogP contribution < -0.4 is 0 Å². The molecular weight excluding hydrogens is 504 g/mol. The summed E-state index contributed by atoms with van der Waals surface area (Å²) in [6.07, 6.45) is 0. The standard InChI is InChI=1S/C42H28/c1-3-14-29(15-4-1)34-27-26-32(28-40(34)31-16-5-2-6-17-31)41-36-21-9-11-23-38(36)42(39-24-12-10-22-37(39)41)35-25-13-19-30-18-7-8-20-33(30)35/h1-28H/i1D,2D,3D,4D,5D,6D,7D,8D,9D,10D,11D,12D,13D,14D,15D,16D,17D,18D,20D,21D,22D,23D,24D,25D,26D,27D,28D. The molecule has 0 aliphatic rings. The normalized spacial score (nSPS) is 20.3. The van der Waals surface area contributed by atoms with E-state index in [1.165, 1.54) is 0 Å². The van der Waals surface area contributed by atoms with Crippen molar-refractivity contribution in [2.24, 2.45) is 0 Å². The first-order chi connectivity index (χ1) is 32.1. The van der Waals surface area contributed by atoms with Crippen LogP contribution in [0.5, 0.6) is 0 Å². The SMILES string of the molecule is [2H]c1cc2c([2H])c([2H])c([2H])c([2H])c2c(-c2c3c([2H])c([2H])c([2H])c([2H])c3c(-c3c([2H])c([2H])c(-c4c([2H])c([2H])c([2H])c([2H])c4[2H])c(-c4c([2H])c([2H])c([2H])c([2H])c4[2H])c3[2H])c3c([2H])c([2H])c([2H])c([2H])c23)c1[2H]. The Hall–Kier alpha value is -5.46. The lowest BCUT2D eigenvalue weighted by Gasteiger charge is -2.20. The first-order valence-electron chi connectivity index (χ1n) is 25.8. The third-order valence-corrected chi connectivity index (χ3v) is 6.57. The van der Waals surface area contributed by atoms with Crippen molar-refractivity contribution in [1.29, 1.82) is 0 Å². The molecule has 8 aromatic rings. The molecule has 8 aromatic carbocycles. The highest BCUT2D eigenvalue weighted by atomic mass is 14.2. The fourth-order valence-corrected chi connectivity index (χ4v) is 4.84. The lowest BCUT2D eigenvalue weighted by Crippen LogP contribution is -1.93. The summed E-state index contributed by atoms with van der Waals surface area (Å²) < 4.78 is 241. The minimum Gasteiger partial charge on any atom is -0.0622 e. The smallest absolute Gasteiger partial charge is 0.0622 e. The van der Waals surface area contributed by atoms with Crippen LogP contribution in [-0.4, -0.2) is 0 Å². The van der Waals surface area contributed by atoms with Gasteiger partial charge in [-0.25, -0.2) is 0 Å². The Kier molecular flexibility index (Phi) is 2.25. The van der Waals surface area contributed by atoms with Gasteiger partial charge in [0.1, 0.15) is 0 Å². The van der Waals surface area contributed by atoms with Gasteiger partial charge in [-0.3, -0.25) is 0 Å². The highest BCUT2D eigenvalue weighted by Gasteiger charge is 2.19. The maximum Gasteiger partial charge on any atom is 0.0636 e. The Morgan fingerprint density at radius 1 is 0.310 bits per heavy atom. The zero-order chi connectivity index (χ0) is 51.4. The summed E-state index contributed by atoms with van der Waals surface area (Å²) in [6.45, 7) is 0. The topological polar surface area (TPSA) is 0 Å². The van der Waals surface area contributed by atoms with E-state index in [9.17, 15) is 11.0 Å². The van der Waals surface area contributed by atoms with Crippen LogP contribution in [0.25, 0.3) is 76.8 Å². The summed E-state index contributed by atoms with van der Waals surface area (Å²) in [5.74, 6) is 0. The molecule has 0 atom stereocenters. The van der Waals surface area contributed by atoms with Crippen LogP contribution in [-0.2, 0) is 0 Å². The molecule has 8 rings (SSSR count). The minimum absolute atomic E-state index is 0.365. The fraction of sp³-hybridized carbons (Fsp3) is 0. The zero-order valence-electron chi connectivity index (χ0n) is 48.1. The molecule has 0 aliphatic heterocycles. The van der Waals surface area contributed by atoms with E-state index in [0.717, 1.165) is 6.07 Å². The largest absolute Gasteiger partial charge is 0.0636 e. The van der Waals surface area contributed by atoms with Crippen molar-refractivity contribution in [3.8, 4) is 44.5 Å². The monoisotopic (exact) mass is 559 g/mol. The second kappa shape index (κ2) is 10.2. The average molecular weight is 560 g/mol. The van der Waals surface area contributed by atoms with E-state index in [-0.39, 0.29) is 5.39 Å². The molecule has 0 radical (unpaired) electrons. The molecule has 0 bridgehead atoms. The summed E-state index contributed by atoms with van der Waals surface area (Å²) >= 11 is 0. The van der Waals surface area contributed by atoms with Gasteiger partial charge in [0.25, 0.3) is 0 Å². The number of fused-ring (bicyclic) bond motifs is 3. The van der Waals surface area contributed by atoms with Crippen LogP contribution in [0.15, 0.2) is 169 Å². The van der Waals surface area contributed by atoms with Crippen molar-refractivity contribution in [1.82, 2.24) is 0 Å². The van der Waals surface area contributed by atoms with Crippen molar-refractivity contribution in [3.63, 3.8) is 0 Å². The van der Waals surface area contributed by atoms with Crippen LogP contribution >= 0.6 is 0 Å². The highest BCUT2D eigenvalue weighted by molar-refractivity contribution is 6.23. The first-order valence-corrected chi connectivity index (χ1v) is 12.3. The lowest BCUT2D eigenvalue weighted by atomic mass is 9.83. The fourth-order valence-electron chi connectivity index (χ4n) is 4.84. The molecule has 0 aliphatic carbocycles. The van der Waals surface area contributed by atoms with Crippen molar-refractivity contribution < 1.29 is 37.0 Å². The number of rotatable bonds is 4. The molecule has 0 heteroatoms. The number of hydrogen-bond acceptors (Lipinski definition) is 0. The summed E-state index contributed by atoms with van der Waals surface area (Å²) in [5.41, 5.74) is -6.63. The van der Waals surface area contributed by atoms with Gasteiger partial charge < -0.3 is 0 Å². The molecule has 0 heterocycles. The van der Waals surface area contributed by atoms with Crippen molar-refractivity contribution in [2.75, 3.05) is 0 Å². The second-order valence-corrected chi connectivity index (χ2v) is 8.83. The van der Waals surface area contributed by atoms with Crippen LogP contribution in [0.4, 0.5) is 0 Å². The molecular formula is C42H28. The third kappa shape index (κ3) is 4.00. The van der Waals surface area contributed by atoms with E-state index in [0.29, 0.717) is 0 Å². The van der Waals surface area contributed by atoms with Crippen molar-refractivity contribution in [2.45, 2.75) is 0 Å². The highest BCUT2D eigenvalue weighted by Crippen LogP contribution is 2.46. The Labute approximate surface area is 284 Å². The van der Waals surface area contributed by atoms with E-state index in [1.54, 1.807) is 0 Å². The first kappa shape index (κ1) is 9.28. The van der Waals surface area contributed by atoms with Crippen LogP contribution in [0.2, 0.25) is 0 Å². The molecule has 0 saturated carbocycles. The number of benzene rings is 8. The van der Waals surface area contributed by atoms with E-state index >= 15 is 0 Å².